The first-order chi connectivity index (χ1) is 15.3. The molecule has 10 nitrogen and oxygen atoms in total. The second-order valence-electron chi connectivity index (χ2n) is 7.45. The average Bonchev–Trinajstić information content (AvgIpc) is 3.20. The van der Waals surface area contributed by atoms with Crippen molar-refractivity contribution in [1.29, 1.82) is 0 Å². The third kappa shape index (κ3) is 6.62. The smallest absolute Gasteiger partial charge is 0.273 e. The number of anilines is 1. The van der Waals surface area contributed by atoms with E-state index in [1.807, 2.05) is 26.0 Å². The van der Waals surface area contributed by atoms with Crippen LogP contribution in [0.2, 0.25) is 0 Å². The molecule has 0 bridgehead atoms. The summed E-state index contributed by atoms with van der Waals surface area (Å²) in [5.74, 6) is -0.291. The molecule has 0 unspecified atom stereocenters. The number of nitrogens with zero attached hydrogens (tertiary/aromatic N) is 6. The molecule has 3 rings (SSSR count). The lowest BCUT2D eigenvalue weighted by molar-refractivity contribution is -0.115. The van der Waals surface area contributed by atoms with Gasteiger partial charge in [-0.05, 0) is 56.5 Å². The van der Waals surface area contributed by atoms with Gasteiger partial charge in [0.05, 0.1) is 30.6 Å². The summed E-state index contributed by atoms with van der Waals surface area (Å²) in [5.41, 5.74) is 3.33. The van der Waals surface area contributed by atoms with Crippen LogP contribution < -0.4 is 10.6 Å². The Morgan fingerprint density at radius 2 is 1.94 bits per heavy atom. The van der Waals surface area contributed by atoms with Gasteiger partial charge in [0.1, 0.15) is 6.17 Å². The van der Waals surface area contributed by atoms with E-state index >= 15 is 0 Å². The van der Waals surface area contributed by atoms with Gasteiger partial charge in [-0.3, -0.25) is 14.6 Å². The third-order valence-electron chi connectivity index (χ3n) is 4.58. The van der Waals surface area contributed by atoms with E-state index < -0.39 is 6.17 Å². The van der Waals surface area contributed by atoms with Crippen LogP contribution in [0, 0.1) is 13.8 Å². The van der Waals surface area contributed by atoms with E-state index in [2.05, 4.69) is 36.1 Å². The molecule has 0 fully saturated rings. The van der Waals surface area contributed by atoms with E-state index in [9.17, 15) is 14.0 Å². The minimum Gasteiger partial charge on any atom is -0.354 e. The van der Waals surface area contributed by atoms with Crippen LogP contribution in [0.1, 0.15) is 39.6 Å². The maximum absolute atomic E-state index is 14.3. The molecular formula is C21H25FN8O2. The van der Waals surface area contributed by atoms with Crippen molar-refractivity contribution in [2.45, 2.75) is 45.8 Å². The van der Waals surface area contributed by atoms with Crippen LogP contribution in [-0.4, -0.2) is 55.2 Å². The molecule has 3 heterocycles. The monoisotopic (exact) mass is 440 g/mol. The topological polar surface area (TPSA) is 128 Å². The number of rotatable bonds is 9. The van der Waals surface area contributed by atoms with Crippen LogP contribution in [0.4, 0.5) is 10.2 Å². The fourth-order valence-corrected chi connectivity index (χ4v) is 3.15. The Labute approximate surface area is 184 Å². The lowest BCUT2D eigenvalue weighted by Crippen LogP contribution is -2.18. The van der Waals surface area contributed by atoms with E-state index in [0.29, 0.717) is 23.6 Å². The predicted octanol–water partition coefficient (Wildman–Crippen LogP) is 1.59. The zero-order chi connectivity index (χ0) is 23.1. The van der Waals surface area contributed by atoms with Crippen molar-refractivity contribution in [3.63, 3.8) is 0 Å². The molecule has 3 aromatic heterocycles. The summed E-state index contributed by atoms with van der Waals surface area (Å²) in [7, 11) is 1.49. The van der Waals surface area contributed by atoms with Gasteiger partial charge in [-0.25, -0.2) is 9.07 Å². The third-order valence-corrected chi connectivity index (χ3v) is 4.58. The van der Waals surface area contributed by atoms with Gasteiger partial charge in [0, 0.05) is 12.7 Å². The zero-order valence-electron chi connectivity index (χ0n) is 18.2. The number of carbonyl (C=O) groups is 2. The first kappa shape index (κ1) is 22.9. The summed E-state index contributed by atoms with van der Waals surface area (Å²) >= 11 is 0. The number of pyridine rings is 1. The Morgan fingerprint density at radius 1 is 1.12 bits per heavy atom. The number of carbonyl (C=O) groups excluding carboxylic acids is 2. The SMILES string of the molecule is CNC(=O)c1cn(C[C@H](F)CCc2ccc(NC(=O)Cc3cc(C)cc(C)n3)nn2)nn1. The number of nitrogens with one attached hydrogen (secondary N) is 2. The number of halogens is 1. The van der Waals surface area contributed by atoms with E-state index in [0.717, 1.165) is 11.3 Å². The Morgan fingerprint density at radius 3 is 2.62 bits per heavy atom. The summed E-state index contributed by atoms with van der Waals surface area (Å²) in [6.07, 6.45) is 0.913. The highest BCUT2D eigenvalue weighted by atomic mass is 19.1. The number of alkyl halides is 1. The molecule has 0 spiro atoms. The van der Waals surface area contributed by atoms with Gasteiger partial charge >= 0.3 is 0 Å². The molecule has 1 atom stereocenters. The van der Waals surface area contributed by atoms with Crippen molar-refractivity contribution in [1.82, 2.24) is 35.5 Å². The molecule has 0 saturated heterocycles. The fraction of sp³-hybridized carbons (Fsp3) is 0.381. The van der Waals surface area contributed by atoms with Gasteiger partial charge in [-0.15, -0.1) is 10.2 Å². The van der Waals surface area contributed by atoms with Gasteiger partial charge in [0.25, 0.3) is 5.91 Å². The molecule has 0 radical (unpaired) electrons. The van der Waals surface area contributed by atoms with E-state index in [4.69, 9.17) is 0 Å². The molecular weight excluding hydrogens is 415 g/mol. The normalized spacial score (nSPS) is 11.8. The van der Waals surface area contributed by atoms with Crippen LogP contribution in [0.3, 0.4) is 0 Å². The lowest BCUT2D eigenvalue weighted by atomic mass is 10.1. The van der Waals surface area contributed by atoms with Crippen molar-refractivity contribution in [3.05, 3.63) is 58.8 Å². The first-order valence-corrected chi connectivity index (χ1v) is 10.2. The summed E-state index contributed by atoms with van der Waals surface area (Å²) in [6.45, 7) is 3.82. The molecule has 0 saturated carbocycles. The highest BCUT2D eigenvalue weighted by molar-refractivity contribution is 5.91. The molecule has 0 aliphatic carbocycles. The summed E-state index contributed by atoms with van der Waals surface area (Å²) in [4.78, 5) is 28.1. The predicted molar refractivity (Wildman–Crippen MR) is 115 cm³/mol. The van der Waals surface area contributed by atoms with Gasteiger partial charge in [0.2, 0.25) is 5.91 Å². The van der Waals surface area contributed by atoms with Crippen LogP contribution in [0.15, 0.2) is 30.5 Å². The number of aryl methyl sites for hydroxylation is 3. The largest absolute Gasteiger partial charge is 0.354 e. The zero-order valence-corrected chi connectivity index (χ0v) is 18.2. The van der Waals surface area contributed by atoms with Crippen molar-refractivity contribution >= 4 is 17.6 Å². The van der Waals surface area contributed by atoms with Crippen molar-refractivity contribution in [2.24, 2.45) is 0 Å². The summed E-state index contributed by atoms with van der Waals surface area (Å²) < 4.78 is 15.6. The minimum atomic E-state index is -1.19. The summed E-state index contributed by atoms with van der Waals surface area (Å²) in [6, 6.07) is 7.15. The van der Waals surface area contributed by atoms with E-state index in [1.165, 1.54) is 17.9 Å². The van der Waals surface area contributed by atoms with Crippen molar-refractivity contribution in [2.75, 3.05) is 12.4 Å². The van der Waals surface area contributed by atoms with Gasteiger partial charge in [0.15, 0.2) is 11.5 Å². The highest BCUT2D eigenvalue weighted by Crippen LogP contribution is 2.10. The Hall–Kier alpha value is -3.76. The number of hydrogen-bond donors (Lipinski definition) is 2. The van der Waals surface area contributed by atoms with Gasteiger partial charge in [-0.1, -0.05) is 5.21 Å². The molecule has 11 heteroatoms. The number of hydrogen-bond acceptors (Lipinski definition) is 7. The maximum atomic E-state index is 14.3. The molecule has 3 aromatic rings. The molecule has 0 aliphatic rings. The standard InChI is InChI=1S/C21H25FN8O2/c1-13-8-14(2)24-17(9-13)10-20(31)25-19-7-6-16(26-28-19)5-4-15(22)11-30-12-18(27-29-30)21(32)23-3/h6-9,12,15H,4-5,10-11H2,1-3H3,(H,23,32)(H,25,28,31)/t15-/m1/s1. The molecule has 168 valence electrons. The van der Waals surface area contributed by atoms with Crippen molar-refractivity contribution < 1.29 is 14.0 Å². The highest BCUT2D eigenvalue weighted by Gasteiger charge is 2.14. The Bertz CT molecular complexity index is 1060. The van der Waals surface area contributed by atoms with Crippen LogP contribution in [0.25, 0.3) is 0 Å². The molecule has 0 aromatic carbocycles. The van der Waals surface area contributed by atoms with E-state index in [-0.39, 0.29) is 36.9 Å². The average molecular weight is 440 g/mol. The van der Waals surface area contributed by atoms with Crippen molar-refractivity contribution in [3.8, 4) is 0 Å². The lowest BCUT2D eigenvalue weighted by Gasteiger charge is -2.08. The molecule has 2 N–H and O–H groups in total. The van der Waals surface area contributed by atoms with Crippen LogP contribution in [-0.2, 0) is 24.2 Å². The second-order valence-corrected chi connectivity index (χ2v) is 7.45. The van der Waals surface area contributed by atoms with Crippen LogP contribution >= 0.6 is 0 Å². The molecule has 32 heavy (non-hydrogen) atoms. The Balaban J connectivity index is 1.46. The van der Waals surface area contributed by atoms with E-state index in [1.54, 1.807) is 12.1 Å². The number of amides is 2. The van der Waals surface area contributed by atoms with Crippen LogP contribution in [0.5, 0.6) is 0 Å². The molecule has 0 aliphatic heterocycles. The fourth-order valence-electron chi connectivity index (χ4n) is 3.15. The Kier molecular flexibility index (Phi) is 7.53. The maximum Gasteiger partial charge on any atom is 0.273 e. The number of aromatic nitrogens is 6. The first-order valence-electron chi connectivity index (χ1n) is 10.2. The van der Waals surface area contributed by atoms with Gasteiger partial charge in [-0.2, -0.15) is 5.10 Å². The molecule has 2 amide bonds. The second kappa shape index (κ2) is 10.5. The summed E-state index contributed by atoms with van der Waals surface area (Å²) in [5, 5.41) is 20.6. The van der Waals surface area contributed by atoms with Gasteiger partial charge < -0.3 is 10.6 Å². The minimum absolute atomic E-state index is 0.0158. The quantitative estimate of drug-likeness (QED) is 0.517.